The molecule has 0 amide bonds. The molecule has 134 valence electrons. The molecule has 2 atom stereocenters. The number of carbonyl (C=O) groups is 1. The van der Waals surface area contributed by atoms with E-state index in [0.29, 0.717) is 5.54 Å². The third kappa shape index (κ3) is 4.59. The highest BCUT2D eigenvalue weighted by molar-refractivity contribution is 5.73. The second kappa shape index (κ2) is 6.59. The van der Waals surface area contributed by atoms with Gasteiger partial charge in [0.1, 0.15) is 0 Å². The van der Waals surface area contributed by atoms with Crippen molar-refractivity contribution in [3.8, 4) is 0 Å². The van der Waals surface area contributed by atoms with Gasteiger partial charge in [0, 0.05) is 11.1 Å². The topological polar surface area (TPSA) is 75.3 Å². The van der Waals surface area contributed by atoms with Crippen LogP contribution in [0.1, 0.15) is 58.3 Å². The van der Waals surface area contributed by atoms with Gasteiger partial charge in [0.05, 0.1) is 0 Å². The van der Waals surface area contributed by atoms with Crippen LogP contribution in [0.5, 0.6) is 0 Å². The molecule has 4 fully saturated rings. The van der Waals surface area contributed by atoms with Gasteiger partial charge in [0.25, 0.3) is 0 Å². The summed E-state index contributed by atoms with van der Waals surface area (Å²) in [4.78, 5) is 8.90. The molecule has 0 saturated heterocycles. The van der Waals surface area contributed by atoms with E-state index >= 15 is 0 Å². The van der Waals surface area contributed by atoms with Gasteiger partial charge in [0.2, 0.25) is 0 Å². The number of nitrogens with two attached hydrogens (primary N) is 1. The van der Waals surface area contributed by atoms with Crippen LogP contribution in [0.15, 0.2) is 0 Å². The summed E-state index contributed by atoms with van der Waals surface area (Å²) < 4.78 is 31.7. The predicted octanol–water partition coefficient (Wildman–Crippen LogP) is 3.06. The minimum Gasteiger partial charge on any atom is -0.475 e. The molecule has 2 unspecified atom stereocenters. The summed E-state index contributed by atoms with van der Waals surface area (Å²) in [6.07, 6.45) is 5.67. The standard InChI is InChI=1S/C14H26N2.C2HF3O2/c1-2-3-4-16-14-8-11-5-12(9-14)7-13(15,6-11)10-14;3-2(4,5)1(6)7/h11-12,16H,2-10,15H2,1H3;(H,6,7). The summed E-state index contributed by atoms with van der Waals surface area (Å²) in [5.41, 5.74) is 7.21. The first kappa shape index (κ1) is 18.5. The lowest BCUT2D eigenvalue weighted by Crippen LogP contribution is -2.67. The molecule has 0 radical (unpaired) electrons. The lowest BCUT2D eigenvalue weighted by atomic mass is 9.50. The van der Waals surface area contributed by atoms with Crippen molar-refractivity contribution in [1.82, 2.24) is 5.32 Å². The van der Waals surface area contributed by atoms with Gasteiger partial charge in [-0.05, 0) is 63.3 Å². The Morgan fingerprint density at radius 3 is 2.17 bits per heavy atom. The second-order valence-electron chi connectivity index (χ2n) is 7.69. The zero-order valence-electron chi connectivity index (χ0n) is 13.6. The molecule has 4 N–H and O–H groups in total. The van der Waals surface area contributed by atoms with Gasteiger partial charge in [-0.2, -0.15) is 13.2 Å². The van der Waals surface area contributed by atoms with E-state index in [9.17, 15) is 13.2 Å². The Kier molecular flexibility index (Phi) is 5.31. The average molecular weight is 336 g/mol. The van der Waals surface area contributed by atoms with Crippen molar-refractivity contribution in [2.75, 3.05) is 6.54 Å². The van der Waals surface area contributed by atoms with Crippen molar-refractivity contribution < 1.29 is 23.1 Å². The molecule has 23 heavy (non-hydrogen) atoms. The molecular weight excluding hydrogens is 309 g/mol. The summed E-state index contributed by atoms with van der Waals surface area (Å²) in [6.45, 7) is 3.47. The Hall–Kier alpha value is -0.820. The van der Waals surface area contributed by atoms with Crippen LogP contribution < -0.4 is 11.1 Å². The number of alkyl halides is 3. The third-order valence-corrected chi connectivity index (χ3v) is 5.38. The molecule has 4 nitrogen and oxygen atoms in total. The molecule has 4 bridgehead atoms. The molecule has 0 aromatic rings. The van der Waals surface area contributed by atoms with E-state index in [-0.39, 0.29) is 5.54 Å². The molecular formula is C16H27F3N2O2. The number of hydrogen-bond donors (Lipinski definition) is 3. The van der Waals surface area contributed by atoms with Gasteiger partial charge in [-0.3, -0.25) is 0 Å². The van der Waals surface area contributed by atoms with Crippen molar-refractivity contribution in [3.63, 3.8) is 0 Å². The van der Waals surface area contributed by atoms with Crippen LogP contribution in [0, 0.1) is 11.8 Å². The van der Waals surface area contributed by atoms with Crippen LogP contribution >= 0.6 is 0 Å². The molecule has 0 heterocycles. The zero-order valence-corrected chi connectivity index (χ0v) is 13.6. The van der Waals surface area contributed by atoms with E-state index in [4.69, 9.17) is 15.6 Å². The first-order chi connectivity index (χ1) is 10.6. The predicted molar refractivity (Wildman–Crippen MR) is 80.9 cm³/mol. The highest BCUT2D eigenvalue weighted by Gasteiger charge is 2.55. The maximum Gasteiger partial charge on any atom is 0.490 e. The Morgan fingerprint density at radius 2 is 1.78 bits per heavy atom. The van der Waals surface area contributed by atoms with Crippen LogP contribution in [0.4, 0.5) is 13.2 Å². The normalized spacial score (nSPS) is 38.1. The Bertz CT molecular complexity index is 426. The van der Waals surface area contributed by atoms with E-state index in [1.165, 1.54) is 57.9 Å². The lowest BCUT2D eigenvalue weighted by molar-refractivity contribution is -0.192. The number of hydrogen-bond acceptors (Lipinski definition) is 3. The maximum atomic E-state index is 10.6. The van der Waals surface area contributed by atoms with Crippen molar-refractivity contribution >= 4 is 5.97 Å². The molecule has 4 aliphatic rings. The minimum atomic E-state index is -5.08. The van der Waals surface area contributed by atoms with Gasteiger partial charge in [-0.25, -0.2) is 4.79 Å². The number of aliphatic carboxylic acids is 1. The van der Waals surface area contributed by atoms with E-state index in [0.717, 1.165) is 11.8 Å². The van der Waals surface area contributed by atoms with Crippen LogP contribution in [-0.2, 0) is 4.79 Å². The van der Waals surface area contributed by atoms with Gasteiger partial charge in [-0.15, -0.1) is 0 Å². The molecule has 4 saturated carbocycles. The number of rotatable bonds is 4. The Labute approximate surface area is 135 Å². The van der Waals surface area contributed by atoms with Gasteiger partial charge in [0.15, 0.2) is 0 Å². The number of carboxylic acid groups (broad SMARTS) is 1. The maximum absolute atomic E-state index is 10.6. The SMILES string of the molecule is CCCCNC12CC3CC(CC(N)(C3)C1)C2.O=C(O)C(F)(F)F. The van der Waals surface area contributed by atoms with E-state index in [2.05, 4.69) is 12.2 Å². The molecule has 0 aliphatic heterocycles. The van der Waals surface area contributed by atoms with E-state index in [1.54, 1.807) is 0 Å². The van der Waals surface area contributed by atoms with Crippen LogP contribution in [-0.4, -0.2) is 34.9 Å². The van der Waals surface area contributed by atoms with Crippen molar-refractivity contribution in [2.24, 2.45) is 17.6 Å². The summed E-state index contributed by atoms with van der Waals surface area (Å²) in [6, 6.07) is 0. The Morgan fingerprint density at radius 1 is 1.26 bits per heavy atom. The first-order valence-electron chi connectivity index (χ1n) is 8.41. The van der Waals surface area contributed by atoms with Gasteiger partial charge >= 0.3 is 12.1 Å². The summed E-state index contributed by atoms with van der Waals surface area (Å²) in [5.74, 6) is -0.895. The largest absolute Gasteiger partial charge is 0.490 e. The van der Waals surface area contributed by atoms with Crippen LogP contribution in [0.2, 0.25) is 0 Å². The average Bonchev–Trinajstić information content (AvgIpc) is 2.35. The van der Waals surface area contributed by atoms with Crippen LogP contribution in [0.3, 0.4) is 0 Å². The van der Waals surface area contributed by atoms with Crippen LogP contribution in [0.25, 0.3) is 0 Å². The summed E-state index contributed by atoms with van der Waals surface area (Å²) >= 11 is 0. The molecule has 0 aromatic heterocycles. The van der Waals surface area contributed by atoms with Gasteiger partial charge < -0.3 is 16.2 Å². The van der Waals surface area contributed by atoms with Crippen molar-refractivity contribution in [3.05, 3.63) is 0 Å². The smallest absolute Gasteiger partial charge is 0.475 e. The number of unbranched alkanes of at least 4 members (excludes halogenated alkanes) is 1. The minimum absolute atomic E-state index is 0.198. The molecule has 4 rings (SSSR count). The quantitative estimate of drug-likeness (QED) is 0.690. The van der Waals surface area contributed by atoms with E-state index < -0.39 is 12.1 Å². The summed E-state index contributed by atoms with van der Waals surface area (Å²) in [5, 5.41) is 11.0. The lowest BCUT2D eigenvalue weighted by Gasteiger charge is -2.61. The highest BCUT2D eigenvalue weighted by atomic mass is 19.4. The zero-order chi connectivity index (χ0) is 17.3. The third-order valence-electron chi connectivity index (χ3n) is 5.38. The fourth-order valence-electron chi connectivity index (χ4n) is 5.07. The second-order valence-corrected chi connectivity index (χ2v) is 7.69. The monoisotopic (exact) mass is 336 g/mol. The number of halogens is 3. The molecule has 7 heteroatoms. The fourth-order valence-corrected chi connectivity index (χ4v) is 5.07. The van der Waals surface area contributed by atoms with E-state index in [1.807, 2.05) is 0 Å². The summed E-state index contributed by atoms with van der Waals surface area (Å²) in [7, 11) is 0. The number of carboxylic acids is 1. The number of nitrogens with one attached hydrogen (secondary N) is 1. The molecule has 4 aliphatic carbocycles. The Balaban J connectivity index is 0.000000236. The van der Waals surface area contributed by atoms with Gasteiger partial charge in [-0.1, -0.05) is 13.3 Å². The fraction of sp³-hybridized carbons (Fsp3) is 0.938. The van der Waals surface area contributed by atoms with Crippen molar-refractivity contribution in [2.45, 2.75) is 75.5 Å². The first-order valence-corrected chi connectivity index (χ1v) is 8.41. The molecule has 0 spiro atoms. The molecule has 0 aromatic carbocycles. The highest BCUT2D eigenvalue weighted by Crippen LogP contribution is 2.56. The van der Waals surface area contributed by atoms with Crippen molar-refractivity contribution in [1.29, 1.82) is 0 Å².